The molecule has 0 bridgehead atoms. The molecule has 0 spiro atoms. The van der Waals surface area contributed by atoms with E-state index in [1.807, 2.05) is 6.07 Å². The van der Waals surface area contributed by atoms with Crippen molar-refractivity contribution in [2.24, 2.45) is 4.99 Å². The van der Waals surface area contributed by atoms with Crippen molar-refractivity contribution >= 4 is 38.1 Å². The highest BCUT2D eigenvalue weighted by molar-refractivity contribution is 9.10. The van der Waals surface area contributed by atoms with Crippen LogP contribution in [-0.2, 0) is 0 Å². The molecule has 3 rings (SSSR count). The van der Waals surface area contributed by atoms with E-state index in [2.05, 4.69) is 84.4 Å². The summed E-state index contributed by atoms with van der Waals surface area (Å²) < 4.78 is 1.12. The first-order chi connectivity index (χ1) is 10.7. The normalized spacial score (nSPS) is 11.9. The SMILES string of the molecule is CC/C(=N\c1ccccc1C)c1ccc(Br)c2ccccc12. The Morgan fingerprint density at radius 3 is 2.32 bits per heavy atom. The van der Waals surface area contributed by atoms with Gasteiger partial charge in [0.15, 0.2) is 0 Å². The van der Waals surface area contributed by atoms with Gasteiger partial charge in [0.1, 0.15) is 0 Å². The number of aryl methyl sites for hydroxylation is 1. The summed E-state index contributed by atoms with van der Waals surface area (Å²) in [7, 11) is 0. The number of rotatable bonds is 3. The molecular weight excluding hydrogens is 334 g/mol. The Hall–Kier alpha value is -1.93. The highest BCUT2D eigenvalue weighted by atomic mass is 79.9. The molecule has 0 saturated heterocycles. The van der Waals surface area contributed by atoms with E-state index in [-0.39, 0.29) is 0 Å². The van der Waals surface area contributed by atoms with E-state index in [9.17, 15) is 0 Å². The van der Waals surface area contributed by atoms with Crippen LogP contribution >= 0.6 is 15.9 Å². The third-order valence-electron chi connectivity index (χ3n) is 3.89. The molecule has 0 atom stereocenters. The first-order valence-electron chi connectivity index (χ1n) is 7.51. The second kappa shape index (κ2) is 6.45. The third kappa shape index (κ3) is 2.84. The Labute approximate surface area is 139 Å². The molecule has 0 unspecified atom stereocenters. The van der Waals surface area contributed by atoms with Gasteiger partial charge < -0.3 is 0 Å². The molecule has 3 aromatic carbocycles. The minimum absolute atomic E-state index is 0.903. The van der Waals surface area contributed by atoms with Crippen molar-refractivity contribution in [3.63, 3.8) is 0 Å². The molecule has 22 heavy (non-hydrogen) atoms. The highest BCUT2D eigenvalue weighted by Crippen LogP contribution is 2.29. The van der Waals surface area contributed by atoms with Crippen LogP contribution in [0.1, 0.15) is 24.5 Å². The maximum absolute atomic E-state index is 4.93. The lowest BCUT2D eigenvalue weighted by Crippen LogP contribution is -2.00. The van der Waals surface area contributed by atoms with Crippen molar-refractivity contribution in [2.75, 3.05) is 0 Å². The lowest BCUT2D eigenvalue weighted by Gasteiger charge is -2.11. The Balaban J connectivity index is 2.20. The number of fused-ring (bicyclic) bond motifs is 1. The number of aliphatic imine (C=N–C) groups is 1. The van der Waals surface area contributed by atoms with Crippen LogP contribution in [0.2, 0.25) is 0 Å². The molecule has 0 aliphatic carbocycles. The number of benzene rings is 3. The average molecular weight is 352 g/mol. The van der Waals surface area contributed by atoms with E-state index < -0.39 is 0 Å². The summed E-state index contributed by atoms with van der Waals surface area (Å²) in [5, 5.41) is 2.47. The molecule has 0 N–H and O–H groups in total. The number of nitrogens with zero attached hydrogens (tertiary/aromatic N) is 1. The molecule has 110 valence electrons. The zero-order valence-corrected chi connectivity index (χ0v) is 14.4. The van der Waals surface area contributed by atoms with Crippen LogP contribution in [0.3, 0.4) is 0 Å². The fourth-order valence-electron chi connectivity index (χ4n) is 2.68. The van der Waals surface area contributed by atoms with E-state index in [0.29, 0.717) is 0 Å². The van der Waals surface area contributed by atoms with Gasteiger partial charge in [0.25, 0.3) is 0 Å². The molecule has 0 radical (unpaired) electrons. The summed E-state index contributed by atoms with van der Waals surface area (Å²) in [5.41, 5.74) is 4.59. The van der Waals surface area contributed by atoms with Crippen molar-refractivity contribution in [2.45, 2.75) is 20.3 Å². The molecule has 0 saturated carbocycles. The Morgan fingerprint density at radius 2 is 1.59 bits per heavy atom. The van der Waals surface area contributed by atoms with Gasteiger partial charge in [0.05, 0.1) is 5.69 Å². The molecule has 0 aromatic heterocycles. The summed E-state index contributed by atoms with van der Waals surface area (Å²) in [6.07, 6.45) is 0.903. The number of halogens is 1. The average Bonchev–Trinajstić information content (AvgIpc) is 2.55. The van der Waals surface area contributed by atoms with Gasteiger partial charge in [-0.15, -0.1) is 0 Å². The number of hydrogen-bond acceptors (Lipinski definition) is 1. The third-order valence-corrected chi connectivity index (χ3v) is 4.58. The van der Waals surface area contributed by atoms with Gasteiger partial charge in [-0.05, 0) is 41.8 Å². The van der Waals surface area contributed by atoms with Crippen molar-refractivity contribution in [3.8, 4) is 0 Å². The topological polar surface area (TPSA) is 12.4 Å². The molecule has 3 aromatic rings. The predicted molar refractivity (Wildman–Crippen MR) is 99.3 cm³/mol. The van der Waals surface area contributed by atoms with E-state index in [0.717, 1.165) is 22.3 Å². The zero-order chi connectivity index (χ0) is 15.5. The van der Waals surface area contributed by atoms with Gasteiger partial charge in [-0.3, -0.25) is 4.99 Å². The van der Waals surface area contributed by atoms with Gasteiger partial charge >= 0.3 is 0 Å². The van der Waals surface area contributed by atoms with Crippen molar-refractivity contribution in [1.29, 1.82) is 0 Å². The van der Waals surface area contributed by atoms with Gasteiger partial charge in [-0.1, -0.05) is 71.4 Å². The Morgan fingerprint density at radius 1 is 0.909 bits per heavy atom. The lowest BCUT2D eigenvalue weighted by atomic mass is 9.99. The summed E-state index contributed by atoms with van der Waals surface area (Å²) >= 11 is 3.64. The van der Waals surface area contributed by atoms with Gasteiger partial charge in [-0.25, -0.2) is 0 Å². The maximum Gasteiger partial charge on any atom is 0.0662 e. The van der Waals surface area contributed by atoms with Crippen LogP contribution in [-0.4, -0.2) is 5.71 Å². The van der Waals surface area contributed by atoms with Gasteiger partial charge in [-0.2, -0.15) is 0 Å². The van der Waals surface area contributed by atoms with Crippen LogP contribution in [0, 0.1) is 6.92 Å². The zero-order valence-electron chi connectivity index (χ0n) is 12.8. The molecule has 0 fully saturated rings. The van der Waals surface area contributed by atoms with Crippen molar-refractivity contribution < 1.29 is 0 Å². The second-order valence-electron chi connectivity index (χ2n) is 5.34. The number of hydrogen-bond donors (Lipinski definition) is 0. The monoisotopic (exact) mass is 351 g/mol. The molecule has 0 aliphatic rings. The predicted octanol–water partition coefficient (Wildman–Crippen LogP) is 6.44. The largest absolute Gasteiger partial charge is 0.253 e. The molecule has 0 aliphatic heterocycles. The van der Waals surface area contributed by atoms with Crippen molar-refractivity contribution in [1.82, 2.24) is 0 Å². The van der Waals surface area contributed by atoms with Gasteiger partial charge in [0, 0.05) is 15.7 Å². The molecule has 2 heteroatoms. The number of para-hydroxylation sites is 1. The minimum Gasteiger partial charge on any atom is -0.253 e. The second-order valence-corrected chi connectivity index (χ2v) is 6.19. The van der Waals surface area contributed by atoms with Crippen LogP contribution in [0.25, 0.3) is 10.8 Å². The quantitative estimate of drug-likeness (QED) is 0.481. The highest BCUT2D eigenvalue weighted by Gasteiger charge is 2.09. The summed E-state index contributed by atoms with van der Waals surface area (Å²) in [5.74, 6) is 0. The smallest absolute Gasteiger partial charge is 0.0662 e. The fourth-order valence-corrected chi connectivity index (χ4v) is 3.16. The maximum atomic E-state index is 4.93. The first kappa shape index (κ1) is 15.0. The molecule has 0 heterocycles. The lowest BCUT2D eigenvalue weighted by molar-refractivity contribution is 1.26. The first-order valence-corrected chi connectivity index (χ1v) is 8.31. The van der Waals surface area contributed by atoms with Crippen LogP contribution in [0.15, 0.2) is 70.1 Å². The summed E-state index contributed by atoms with van der Waals surface area (Å²) in [6, 6.07) is 21.0. The van der Waals surface area contributed by atoms with Crippen LogP contribution < -0.4 is 0 Å². The summed E-state index contributed by atoms with van der Waals surface area (Å²) in [4.78, 5) is 4.93. The standard InChI is InChI=1S/C20H18BrN/c1-3-19(22-20-11-7-4-8-14(20)2)17-12-13-18(21)16-10-6-5-9-15(16)17/h4-13H,3H2,1-2H3/b22-19+. The van der Waals surface area contributed by atoms with Crippen LogP contribution in [0.5, 0.6) is 0 Å². The van der Waals surface area contributed by atoms with E-state index >= 15 is 0 Å². The summed E-state index contributed by atoms with van der Waals surface area (Å²) in [6.45, 7) is 4.26. The molecular formula is C20H18BrN. The van der Waals surface area contributed by atoms with Crippen LogP contribution in [0.4, 0.5) is 5.69 Å². The Kier molecular flexibility index (Phi) is 4.39. The fraction of sp³-hybridized carbons (Fsp3) is 0.150. The van der Waals surface area contributed by atoms with E-state index in [1.165, 1.54) is 21.9 Å². The van der Waals surface area contributed by atoms with E-state index in [1.54, 1.807) is 0 Å². The molecule has 0 amide bonds. The van der Waals surface area contributed by atoms with E-state index in [4.69, 9.17) is 4.99 Å². The molecule has 1 nitrogen and oxygen atoms in total. The minimum atomic E-state index is 0.903. The van der Waals surface area contributed by atoms with Crippen molar-refractivity contribution in [3.05, 3.63) is 76.3 Å². The van der Waals surface area contributed by atoms with Gasteiger partial charge in [0.2, 0.25) is 0 Å². The Bertz CT molecular complexity index is 849.